The minimum Gasteiger partial charge on any atom is -0.506 e. The molecule has 122 valence electrons. The van der Waals surface area contributed by atoms with Gasteiger partial charge < -0.3 is 10.4 Å². The van der Waals surface area contributed by atoms with E-state index in [-0.39, 0.29) is 16.8 Å². The van der Waals surface area contributed by atoms with E-state index in [1.54, 1.807) is 6.07 Å². The molecule has 5 heteroatoms. The average molecular weight is 327 g/mol. The van der Waals surface area contributed by atoms with Gasteiger partial charge in [-0.2, -0.15) is 0 Å². The lowest BCUT2D eigenvalue weighted by Crippen LogP contribution is -2.47. The summed E-state index contributed by atoms with van der Waals surface area (Å²) in [4.78, 5) is 2.43. The zero-order valence-electron chi connectivity index (χ0n) is 12.8. The van der Waals surface area contributed by atoms with Gasteiger partial charge in [0.15, 0.2) is 0 Å². The van der Waals surface area contributed by atoms with Gasteiger partial charge in [-0.3, -0.25) is 4.90 Å². The van der Waals surface area contributed by atoms with Crippen molar-refractivity contribution in [1.29, 1.82) is 0 Å². The number of phenolic OH excluding ortho intramolecular Hbond substituents is 1. The molecule has 22 heavy (non-hydrogen) atoms. The van der Waals surface area contributed by atoms with Gasteiger partial charge >= 0.3 is 0 Å². The number of rotatable bonds is 3. The fourth-order valence-electron chi connectivity index (χ4n) is 3.95. The summed E-state index contributed by atoms with van der Waals surface area (Å²) in [7, 11) is 0. The number of phenols is 1. The van der Waals surface area contributed by atoms with Crippen LogP contribution in [0.4, 0.5) is 4.39 Å². The van der Waals surface area contributed by atoms with Crippen molar-refractivity contribution in [2.45, 2.75) is 38.1 Å². The number of halogens is 2. The predicted molar refractivity (Wildman–Crippen MR) is 86.8 cm³/mol. The normalized spacial score (nSPS) is 22.6. The minimum absolute atomic E-state index is 0.0734. The molecule has 1 aromatic carbocycles. The highest BCUT2D eigenvalue weighted by Crippen LogP contribution is 2.43. The first-order valence-corrected chi connectivity index (χ1v) is 8.68. The number of piperazine rings is 1. The molecule has 2 aliphatic rings. The minimum atomic E-state index is -0.550. The van der Waals surface area contributed by atoms with E-state index in [0.717, 1.165) is 31.7 Å². The molecule has 3 nitrogen and oxygen atoms in total. The van der Waals surface area contributed by atoms with E-state index in [9.17, 15) is 9.50 Å². The Morgan fingerprint density at radius 3 is 2.55 bits per heavy atom. The maximum Gasteiger partial charge on any atom is 0.145 e. The van der Waals surface area contributed by atoms with Crippen LogP contribution < -0.4 is 5.32 Å². The van der Waals surface area contributed by atoms with Gasteiger partial charge in [-0.25, -0.2) is 4.39 Å². The molecule has 1 heterocycles. The summed E-state index contributed by atoms with van der Waals surface area (Å²) >= 11 is 5.95. The number of hydrogen-bond donors (Lipinski definition) is 2. The molecule has 1 aliphatic carbocycles. The van der Waals surface area contributed by atoms with Crippen LogP contribution in [-0.2, 0) is 0 Å². The summed E-state index contributed by atoms with van der Waals surface area (Å²) in [6, 6.07) is 3.24. The summed E-state index contributed by atoms with van der Waals surface area (Å²) in [6.07, 6.45) is 6.11. The Balaban J connectivity index is 1.94. The van der Waals surface area contributed by atoms with Crippen LogP contribution in [0.1, 0.15) is 43.7 Å². The summed E-state index contributed by atoms with van der Waals surface area (Å²) in [5.74, 6) is -0.110. The van der Waals surface area contributed by atoms with Crippen molar-refractivity contribution in [3.05, 3.63) is 28.5 Å². The summed E-state index contributed by atoms with van der Waals surface area (Å²) < 4.78 is 13.6. The van der Waals surface area contributed by atoms with Gasteiger partial charge in [-0.15, -0.1) is 0 Å². The smallest absolute Gasteiger partial charge is 0.145 e. The molecule has 1 saturated carbocycles. The Morgan fingerprint density at radius 2 is 1.86 bits per heavy atom. The molecule has 0 amide bonds. The van der Waals surface area contributed by atoms with E-state index in [2.05, 4.69) is 10.2 Å². The lowest BCUT2D eigenvalue weighted by Gasteiger charge is -2.41. The first kappa shape index (κ1) is 16.0. The molecule has 1 saturated heterocycles. The van der Waals surface area contributed by atoms with E-state index >= 15 is 0 Å². The van der Waals surface area contributed by atoms with E-state index in [1.165, 1.54) is 38.2 Å². The lowest BCUT2D eigenvalue weighted by molar-refractivity contribution is 0.101. The van der Waals surface area contributed by atoms with E-state index < -0.39 is 5.82 Å². The summed E-state index contributed by atoms with van der Waals surface area (Å²) in [6.45, 7) is 3.82. The fraction of sp³-hybridized carbons (Fsp3) is 0.647. The monoisotopic (exact) mass is 326 g/mol. The van der Waals surface area contributed by atoms with Crippen molar-refractivity contribution >= 4 is 11.6 Å². The maximum absolute atomic E-state index is 13.6. The first-order chi connectivity index (χ1) is 10.7. The molecule has 3 rings (SSSR count). The molecule has 1 atom stereocenters. The highest BCUT2D eigenvalue weighted by atomic mass is 35.5. The van der Waals surface area contributed by atoms with Crippen LogP contribution in [0.15, 0.2) is 12.1 Å². The van der Waals surface area contributed by atoms with Crippen LogP contribution in [0.3, 0.4) is 0 Å². The molecule has 0 unspecified atom stereocenters. The average Bonchev–Trinajstić information content (AvgIpc) is 2.57. The van der Waals surface area contributed by atoms with Crippen LogP contribution in [-0.4, -0.2) is 36.2 Å². The van der Waals surface area contributed by atoms with E-state index in [0.29, 0.717) is 5.92 Å². The lowest BCUT2D eigenvalue weighted by atomic mass is 9.80. The van der Waals surface area contributed by atoms with Crippen LogP contribution >= 0.6 is 11.6 Å². The van der Waals surface area contributed by atoms with Crippen LogP contribution in [0, 0.1) is 11.7 Å². The zero-order chi connectivity index (χ0) is 15.5. The second kappa shape index (κ2) is 7.16. The number of hydrogen-bond acceptors (Lipinski definition) is 3. The van der Waals surface area contributed by atoms with Gasteiger partial charge in [0.25, 0.3) is 0 Å². The third-order valence-corrected chi connectivity index (χ3v) is 5.42. The molecule has 2 N–H and O–H groups in total. The molecule has 1 aliphatic heterocycles. The van der Waals surface area contributed by atoms with Crippen molar-refractivity contribution in [2.24, 2.45) is 5.92 Å². The topological polar surface area (TPSA) is 35.5 Å². The quantitative estimate of drug-likeness (QED) is 0.888. The molecule has 1 aromatic rings. The van der Waals surface area contributed by atoms with Gasteiger partial charge in [0.1, 0.15) is 16.6 Å². The molecular weight excluding hydrogens is 303 g/mol. The van der Waals surface area contributed by atoms with E-state index in [4.69, 9.17) is 11.6 Å². The van der Waals surface area contributed by atoms with Crippen molar-refractivity contribution < 1.29 is 9.50 Å². The zero-order valence-corrected chi connectivity index (χ0v) is 13.6. The summed E-state index contributed by atoms with van der Waals surface area (Å²) in [5.41, 5.74) is 0.792. The Morgan fingerprint density at radius 1 is 1.18 bits per heavy atom. The maximum atomic E-state index is 13.6. The van der Waals surface area contributed by atoms with Gasteiger partial charge in [-0.05, 0) is 24.8 Å². The molecule has 0 spiro atoms. The van der Waals surface area contributed by atoms with Gasteiger partial charge in [0.2, 0.25) is 0 Å². The molecular formula is C17H24ClFN2O. The van der Waals surface area contributed by atoms with Crippen LogP contribution in [0.25, 0.3) is 0 Å². The Kier molecular flexibility index (Phi) is 5.21. The number of nitrogens with zero attached hydrogens (tertiary/aromatic N) is 1. The van der Waals surface area contributed by atoms with Crippen molar-refractivity contribution in [2.75, 3.05) is 26.2 Å². The van der Waals surface area contributed by atoms with Crippen molar-refractivity contribution in [3.63, 3.8) is 0 Å². The van der Waals surface area contributed by atoms with Crippen molar-refractivity contribution in [1.82, 2.24) is 10.2 Å². The van der Waals surface area contributed by atoms with Gasteiger partial charge in [-0.1, -0.05) is 36.9 Å². The molecule has 0 radical (unpaired) electrons. The Hall–Kier alpha value is -0.840. The van der Waals surface area contributed by atoms with Crippen molar-refractivity contribution in [3.8, 4) is 5.75 Å². The standard InChI is InChI=1S/C17H24ClFN2O/c18-15-14(19)7-6-13(17(15)22)16(12-4-2-1-3-5-12)21-10-8-20-9-11-21/h6-7,12,16,20,22H,1-5,8-11H2/t16-/m1/s1. The molecule has 0 bridgehead atoms. The molecule has 0 aromatic heterocycles. The van der Waals surface area contributed by atoms with Gasteiger partial charge in [0.05, 0.1) is 0 Å². The third kappa shape index (κ3) is 3.24. The largest absolute Gasteiger partial charge is 0.506 e. The Bertz CT molecular complexity index is 496. The van der Waals surface area contributed by atoms with Crippen LogP contribution in [0.5, 0.6) is 5.75 Å². The predicted octanol–water partition coefficient (Wildman–Crippen LogP) is 3.71. The third-order valence-electron chi connectivity index (χ3n) is 5.06. The molecule has 2 fully saturated rings. The fourth-order valence-corrected chi connectivity index (χ4v) is 4.12. The highest BCUT2D eigenvalue weighted by molar-refractivity contribution is 6.32. The number of aromatic hydroxyl groups is 1. The highest BCUT2D eigenvalue weighted by Gasteiger charge is 2.33. The van der Waals surface area contributed by atoms with Crippen LogP contribution in [0.2, 0.25) is 5.02 Å². The van der Waals surface area contributed by atoms with E-state index in [1.807, 2.05) is 0 Å². The summed E-state index contributed by atoms with van der Waals surface area (Å²) in [5, 5.41) is 13.6. The number of benzene rings is 1. The van der Waals surface area contributed by atoms with Gasteiger partial charge in [0, 0.05) is 37.8 Å². The first-order valence-electron chi connectivity index (χ1n) is 8.30. The second-order valence-corrected chi connectivity index (χ2v) is 6.81. The second-order valence-electron chi connectivity index (χ2n) is 6.43. The Labute approximate surface area is 136 Å². The number of nitrogens with one attached hydrogen (secondary N) is 1. The SMILES string of the molecule is Oc1c([C@@H](C2CCCCC2)N2CCNCC2)ccc(F)c1Cl.